The number of rotatable bonds is 1. The second-order valence-corrected chi connectivity index (χ2v) is 9.42. The maximum atomic E-state index is 12.9. The average molecular weight is 532 g/mol. The predicted molar refractivity (Wildman–Crippen MR) is 135 cm³/mol. The molecule has 2 heterocycles. The van der Waals surface area contributed by atoms with Crippen LogP contribution in [0.1, 0.15) is 40.8 Å². The highest BCUT2D eigenvalue weighted by Crippen LogP contribution is 2.38. The molecule has 2 aliphatic rings. The summed E-state index contributed by atoms with van der Waals surface area (Å²) in [4.78, 5) is 14.4. The Kier molecular flexibility index (Phi) is 7.47. The van der Waals surface area contributed by atoms with Crippen molar-refractivity contribution in [2.24, 2.45) is 0 Å². The zero-order chi connectivity index (χ0) is 25.4. The fraction of sp³-hybridized carbons (Fsp3) is 0.259. The van der Waals surface area contributed by atoms with Gasteiger partial charge in [-0.15, -0.1) is 0 Å². The smallest absolute Gasteiger partial charge is 0.416 e. The third kappa shape index (κ3) is 5.42. The minimum Gasteiger partial charge on any atom is -0.618 e. The van der Waals surface area contributed by atoms with E-state index in [0.29, 0.717) is 42.3 Å². The number of anilines is 1. The third-order valence-electron chi connectivity index (χ3n) is 6.75. The van der Waals surface area contributed by atoms with Gasteiger partial charge in [0.15, 0.2) is 6.20 Å². The molecular formula is C27H25ClF3N3O3. The molecule has 1 fully saturated rings. The van der Waals surface area contributed by atoms with Crippen LogP contribution in [0.5, 0.6) is 0 Å². The van der Waals surface area contributed by atoms with Gasteiger partial charge in [-0.05, 0) is 79.3 Å². The Morgan fingerprint density at radius 2 is 1.65 bits per heavy atom. The van der Waals surface area contributed by atoms with Crippen LogP contribution in [0.15, 0.2) is 66.4 Å². The highest BCUT2D eigenvalue weighted by molar-refractivity contribution is 6.30. The molecule has 1 saturated heterocycles. The molecule has 1 aliphatic heterocycles. The van der Waals surface area contributed by atoms with Gasteiger partial charge < -0.3 is 20.9 Å². The number of halogens is 4. The molecule has 194 valence electrons. The molecule has 3 N–H and O–H groups in total. The van der Waals surface area contributed by atoms with Crippen LogP contribution >= 0.6 is 11.6 Å². The monoisotopic (exact) mass is 531 g/mol. The largest absolute Gasteiger partial charge is 0.618 e. The molecule has 37 heavy (non-hydrogen) atoms. The average Bonchev–Trinajstić information content (AvgIpc) is 3.01. The van der Waals surface area contributed by atoms with Crippen LogP contribution in [-0.4, -0.2) is 29.5 Å². The van der Waals surface area contributed by atoms with Crippen molar-refractivity contribution in [3.05, 3.63) is 105 Å². The first-order chi connectivity index (χ1) is 17.2. The molecule has 5 rings (SSSR count). The summed E-state index contributed by atoms with van der Waals surface area (Å²) in [7, 11) is 0. The number of alkyl halides is 3. The number of hydrogen-bond donors (Lipinski definition) is 1. The number of likely N-dealkylation sites (tertiary alicyclic amines) is 1. The maximum Gasteiger partial charge on any atom is 0.416 e. The van der Waals surface area contributed by atoms with Crippen LogP contribution in [0.4, 0.5) is 23.7 Å². The van der Waals surface area contributed by atoms with E-state index in [4.69, 9.17) is 11.6 Å². The van der Waals surface area contributed by atoms with E-state index in [1.165, 1.54) is 18.3 Å². The Bertz CT molecular complexity index is 1350. The minimum atomic E-state index is -4.43. The van der Waals surface area contributed by atoms with E-state index in [1.807, 2.05) is 24.3 Å². The molecule has 0 radical (unpaired) electrons. The van der Waals surface area contributed by atoms with Crippen molar-refractivity contribution in [2.75, 3.05) is 18.4 Å². The zero-order valence-electron chi connectivity index (χ0n) is 19.7. The van der Waals surface area contributed by atoms with Crippen molar-refractivity contribution in [2.45, 2.75) is 31.9 Å². The van der Waals surface area contributed by atoms with Gasteiger partial charge in [-0.1, -0.05) is 23.2 Å². The second-order valence-electron chi connectivity index (χ2n) is 8.98. The number of fused-ring (bicyclic) bond motifs is 2. The van der Waals surface area contributed by atoms with Crippen LogP contribution in [-0.2, 0) is 19.0 Å². The van der Waals surface area contributed by atoms with Gasteiger partial charge in [-0.3, -0.25) is 0 Å². The Morgan fingerprint density at radius 3 is 2.32 bits per heavy atom. The Balaban J connectivity index is 0.00000320. The van der Waals surface area contributed by atoms with Gasteiger partial charge in [-0.2, -0.15) is 17.9 Å². The maximum absolute atomic E-state index is 12.9. The SMILES string of the molecule is O.O=C(Nc1ccc(C(F)(F)F)cc1)N1CCC(=C2c3ccc(Cl)cc3CCc3ccc[n+]([O-])c32)CC1. The number of hydrogen-bond acceptors (Lipinski definition) is 2. The summed E-state index contributed by atoms with van der Waals surface area (Å²) < 4.78 is 39.3. The molecule has 1 aromatic heterocycles. The summed E-state index contributed by atoms with van der Waals surface area (Å²) in [5.74, 6) is 0. The highest BCUT2D eigenvalue weighted by atomic mass is 35.5. The summed E-state index contributed by atoms with van der Waals surface area (Å²) in [5, 5.41) is 16.2. The minimum absolute atomic E-state index is 0. The standard InChI is InChI=1S/C27H23ClF3N3O2.H2O/c28-21-7-10-23-19(16-21)4-3-18-2-1-13-34(36)25(18)24(23)17-11-14-33(15-12-17)26(35)32-22-8-5-20(6-9-22)27(29,30)31;/h1-2,5-10,13,16H,3-4,11-12,14-15H2,(H,32,35);1H2. The van der Waals surface area contributed by atoms with Crippen LogP contribution < -0.4 is 10.0 Å². The number of nitrogens with zero attached hydrogens (tertiary/aromatic N) is 2. The van der Waals surface area contributed by atoms with Crippen molar-refractivity contribution in [1.29, 1.82) is 0 Å². The van der Waals surface area contributed by atoms with Gasteiger partial charge in [-0.25, -0.2) is 4.79 Å². The number of piperidine rings is 1. The first-order valence-corrected chi connectivity index (χ1v) is 12.0. The number of urea groups is 1. The molecule has 0 bridgehead atoms. The topological polar surface area (TPSA) is 90.8 Å². The van der Waals surface area contributed by atoms with Gasteiger partial charge in [0.05, 0.1) is 11.1 Å². The van der Waals surface area contributed by atoms with E-state index in [-0.39, 0.29) is 11.5 Å². The number of amides is 2. The molecule has 3 aromatic rings. The molecule has 10 heteroatoms. The number of carbonyl (C=O) groups excluding carboxylic acids is 1. The number of benzene rings is 2. The van der Waals surface area contributed by atoms with E-state index >= 15 is 0 Å². The van der Waals surface area contributed by atoms with Gasteiger partial charge in [0.2, 0.25) is 5.69 Å². The van der Waals surface area contributed by atoms with E-state index in [9.17, 15) is 23.2 Å². The Morgan fingerprint density at radius 1 is 0.973 bits per heavy atom. The van der Waals surface area contributed by atoms with Gasteiger partial charge in [0.1, 0.15) is 0 Å². The quantitative estimate of drug-likeness (QED) is 0.336. The fourth-order valence-corrected chi connectivity index (χ4v) is 5.14. The Labute approximate surface area is 216 Å². The lowest BCUT2D eigenvalue weighted by molar-refractivity contribution is -0.608. The first kappa shape index (κ1) is 26.5. The highest BCUT2D eigenvalue weighted by Gasteiger charge is 2.31. The van der Waals surface area contributed by atoms with E-state index in [1.54, 1.807) is 11.0 Å². The van der Waals surface area contributed by atoms with Crippen LogP contribution in [0.25, 0.3) is 5.57 Å². The summed E-state index contributed by atoms with van der Waals surface area (Å²) in [6.07, 6.45) is -0.275. The van der Waals surface area contributed by atoms with Crippen molar-refractivity contribution >= 4 is 28.9 Å². The number of aromatic nitrogens is 1. The van der Waals surface area contributed by atoms with E-state index < -0.39 is 11.7 Å². The Hall–Kier alpha value is -3.56. The van der Waals surface area contributed by atoms with Gasteiger partial charge in [0.25, 0.3) is 0 Å². The van der Waals surface area contributed by atoms with Crippen LogP contribution in [0.2, 0.25) is 5.02 Å². The number of pyridine rings is 1. The van der Waals surface area contributed by atoms with Crippen molar-refractivity contribution in [3.63, 3.8) is 0 Å². The summed E-state index contributed by atoms with van der Waals surface area (Å²) >= 11 is 6.27. The lowest BCUT2D eigenvalue weighted by Crippen LogP contribution is -2.40. The summed E-state index contributed by atoms with van der Waals surface area (Å²) in [5.41, 5.74) is 5.24. The molecule has 2 amide bonds. The van der Waals surface area contributed by atoms with E-state index in [2.05, 4.69) is 5.32 Å². The normalized spacial score (nSPS) is 15.3. The molecule has 0 saturated carbocycles. The molecule has 1 aliphatic carbocycles. The van der Waals surface area contributed by atoms with Crippen molar-refractivity contribution in [3.8, 4) is 0 Å². The van der Waals surface area contributed by atoms with Gasteiger partial charge in [0, 0.05) is 35.4 Å². The number of carbonyl (C=O) groups is 1. The summed E-state index contributed by atoms with van der Waals surface area (Å²) in [6.45, 7) is 0.852. The van der Waals surface area contributed by atoms with Crippen molar-refractivity contribution in [1.82, 2.24) is 4.90 Å². The molecule has 0 spiro atoms. The molecule has 6 nitrogen and oxygen atoms in total. The van der Waals surface area contributed by atoms with E-state index in [0.717, 1.165) is 57.5 Å². The number of nitrogens with one attached hydrogen (secondary N) is 1. The van der Waals surface area contributed by atoms with Gasteiger partial charge >= 0.3 is 12.2 Å². The first-order valence-electron chi connectivity index (χ1n) is 11.7. The van der Waals surface area contributed by atoms with Crippen molar-refractivity contribution < 1.29 is 28.2 Å². The molecule has 0 atom stereocenters. The zero-order valence-corrected chi connectivity index (χ0v) is 20.5. The third-order valence-corrected chi connectivity index (χ3v) is 6.99. The van der Waals surface area contributed by atoms with Crippen LogP contribution in [0.3, 0.4) is 0 Å². The molecule has 2 aromatic carbocycles. The lowest BCUT2D eigenvalue weighted by Gasteiger charge is -2.30. The predicted octanol–water partition coefficient (Wildman–Crippen LogP) is 5.40. The molecule has 0 unspecified atom stereocenters. The lowest BCUT2D eigenvalue weighted by atomic mass is 9.88. The molecular weight excluding hydrogens is 507 g/mol. The second kappa shape index (κ2) is 10.4. The fourth-order valence-electron chi connectivity index (χ4n) is 4.95. The van der Waals surface area contributed by atoms with Crippen LogP contribution in [0, 0.1) is 5.21 Å². The summed E-state index contributed by atoms with van der Waals surface area (Å²) in [6, 6.07) is 13.5. The number of aryl methyl sites for hydroxylation is 2.